The van der Waals surface area contributed by atoms with Crippen molar-refractivity contribution in [3.05, 3.63) is 72.7 Å². The number of piperazine rings is 1. The van der Waals surface area contributed by atoms with E-state index in [0.717, 1.165) is 32.7 Å². The summed E-state index contributed by atoms with van der Waals surface area (Å²) in [5.41, 5.74) is 1.41. The number of carboxylic acids is 2. The normalized spacial score (nSPS) is 13.5. The van der Waals surface area contributed by atoms with Crippen LogP contribution in [0, 0.1) is 0 Å². The Morgan fingerprint density at radius 3 is 2.05 bits per heavy atom. The SMILES string of the molecule is C=CCNc1nc(NCC=C)nc(N2CCN(Cc3csc4ccccc34)CC2)n1.O=C(O)/C=C/C(=O)O. The molecule has 0 radical (unpaired) electrons. The van der Waals surface area contributed by atoms with Gasteiger partial charge in [-0.1, -0.05) is 30.4 Å². The lowest BCUT2D eigenvalue weighted by atomic mass is 10.1. The summed E-state index contributed by atoms with van der Waals surface area (Å²) >= 11 is 1.82. The van der Waals surface area contributed by atoms with Crippen LogP contribution in [-0.2, 0) is 16.1 Å². The third-order valence-electron chi connectivity index (χ3n) is 5.41. The molecular weight excluding hydrogens is 506 g/mol. The molecule has 3 heterocycles. The van der Waals surface area contributed by atoms with Gasteiger partial charge in [0.1, 0.15) is 0 Å². The van der Waals surface area contributed by atoms with E-state index in [1.54, 1.807) is 12.2 Å². The van der Waals surface area contributed by atoms with Gasteiger partial charge in [-0.05, 0) is 22.4 Å². The Balaban J connectivity index is 0.000000436. The van der Waals surface area contributed by atoms with Crippen LogP contribution in [0.4, 0.5) is 17.8 Å². The van der Waals surface area contributed by atoms with Crippen LogP contribution >= 0.6 is 11.3 Å². The number of fused-ring (bicyclic) bond motifs is 1. The quantitative estimate of drug-likeness (QED) is 0.211. The first-order valence-electron chi connectivity index (χ1n) is 11.9. The highest BCUT2D eigenvalue weighted by atomic mass is 32.1. The second-order valence-electron chi connectivity index (χ2n) is 8.15. The number of benzene rings is 1. The lowest BCUT2D eigenvalue weighted by Gasteiger charge is -2.34. The van der Waals surface area contributed by atoms with Gasteiger partial charge in [0.05, 0.1) is 0 Å². The molecule has 1 aromatic carbocycles. The lowest BCUT2D eigenvalue weighted by Crippen LogP contribution is -2.46. The van der Waals surface area contributed by atoms with E-state index >= 15 is 0 Å². The van der Waals surface area contributed by atoms with Crippen LogP contribution in [0.25, 0.3) is 10.1 Å². The van der Waals surface area contributed by atoms with Gasteiger partial charge in [0.2, 0.25) is 17.8 Å². The zero-order valence-electron chi connectivity index (χ0n) is 20.9. The van der Waals surface area contributed by atoms with Crippen molar-refractivity contribution < 1.29 is 19.8 Å². The molecule has 0 aliphatic carbocycles. The number of carbonyl (C=O) groups is 2. The largest absolute Gasteiger partial charge is 0.478 e. The Morgan fingerprint density at radius 2 is 1.50 bits per heavy atom. The minimum absolute atomic E-state index is 0.554. The molecule has 0 saturated carbocycles. The molecule has 11 nitrogen and oxygen atoms in total. The predicted octanol–water partition coefficient (Wildman–Crippen LogP) is 3.32. The fraction of sp³-hybridized carbons (Fsp3) is 0.269. The van der Waals surface area contributed by atoms with Gasteiger partial charge in [-0.15, -0.1) is 24.5 Å². The minimum atomic E-state index is -1.26. The second-order valence-corrected chi connectivity index (χ2v) is 9.06. The molecule has 0 atom stereocenters. The number of nitrogens with one attached hydrogen (secondary N) is 2. The van der Waals surface area contributed by atoms with Crippen molar-refractivity contribution >= 4 is 51.2 Å². The molecule has 38 heavy (non-hydrogen) atoms. The average molecular weight is 538 g/mol. The number of thiophene rings is 1. The van der Waals surface area contributed by atoms with Crippen molar-refractivity contribution in [2.45, 2.75) is 6.54 Å². The summed E-state index contributed by atoms with van der Waals surface area (Å²) in [6.07, 6.45) is 4.69. The molecule has 2 aromatic heterocycles. The summed E-state index contributed by atoms with van der Waals surface area (Å²) in [6.45, 7) is 13.4. The standard InChI is InChI=1S/C22H27N7S.C4H4O4/c1-3-9-23-20-25-21(24-10-4-2)27-22(26-20)29-13-11-28(12-14-29)15-17-16-30-19-8-6-5-7-18(17)19;5-3(6)1-2-4(7)8/h3-8,16H,1-2,9-15H2,(H2,23,24,25,26,27);1-2H,(H,5,6)(H,7,8)/b;2-1+. The van der Waals surface area contributed by atoms with E-state index in [4.69, 9.17) is 10.2 Å². The van der Waals surface area contributed by atoms with Gasteiger partial charge < -0.3 is 25.7 Å². The van der Waals surface area contributed by atoms with Crippen LogP contribution in [0.2, 0.25) is 0 Å². The van der Waals surface area contributed by atoms with Gasteiger partial charge >= 0.3 is 11.9 Å². The van der Waals surface area contributed by atoms with Gasteiger partial charge in [0.25, 0.3) is 0 Å². The first kappa shape index (κ1) is 28.3. The molecule has 4 N–H and O–H groups in total. The van der Waals surface area contributed by atoms with Crippen molar-refractivity contribution in [2.75, 3.05) is 54.8 Å². The summed E-state index contributed by atoms with van der Waals surface area (Å²) in [6, 6.07) is 8.63. The van der Waals surface area contributed by atoms with E-state index < -0.39 is 11.9 Å². The number of aliphatic carboxylic acids is 2. The summed E-state index contributed by atoms with van der Waals surface area (Å²) in [4.78, 5) is 37.5. The highest BCUT2D eigenvalue weighted by Crippen LogP contribution is 2.27. The van der Waals surface area contributed by atoms with Crippen LogP contribution in [0.3, 0.4) is 0 Å². The first-order chi connectivity index (χ1) is 18.4. The summed E-state index contributed by atoms with van der Waals surface area (Å²) in [5, 5.41) is 25.6. The van der Waals surface area contributed by atoms with Gasteiger partial charge in [0, 0.05) is 62.7 Å². The van der Waals surface area contributed by atoms with Gasteiger partial charge in [-0.3, -0.25) is 4.90 Å². The molecular formula is C26H31N7O4S. The van der Waals surface area contributed by atoms with Crippen molar-refractivity contribution in [1.29, 1.82) is 0 Å². The maximum atomic E-state index is 9.55. The molecule has 1 aliphatic rings. The lowest BCUT2D eigenvalue weighted by molar-refractivity contribution is -0.134. The zero-order chi connectivity index (χ0) is 27.3. The van der Waals surface area contributed by atoms with Crippen molar-refractivity contribution in [1.82, 2.24) is 19.9 Å². The minimum Gasteiger partial charge on any atom is -0.478 e. The fourth-order valence-corrected chi connectivity index (χ4v) is 4.59. The molecule has 4 rings (SSSR count). The van der Waals surface area contributed by atoms with Crippen LogP contribution < -0.4 is 15.5 Å². The Bertz CT molecular complexity index is 1240. The van der Waals surface area contributed by atoms with Crippen LogP contribution in [0.5, 0.6) is 0 Å². The number of rotatable bonds is 11. The topological polar surface area (TPSA) is 144 Å². The van der Waals surface area contributed by atoms with Gasteiger partial charge in [-0.2, -0.15) is 15.0 Å². The smallest absolute Gasteiger partial charge is 0.328 e. The molecule has 1 aliphatic heterocycles. The molecule has 0 spiro atoms. The number of nitrogens with zero attached hydrogens (tertiary/aromatic N) is 5. The van der Waals surface area contributed by atoms with E-state index in [9.17, 15) is 9.59 Å². The molecule has 0 unspecified atom stereocenters. The fourth-order valence-electron chi connectivity index (χ4n) is 3.64. The number of carboxylic acid groups (broad SMARTS) is 2. The monoisotopic (exact) mass is 537 g/mol. The molecule has 200 valence electrons. The third kappa shape index (κ3) is 8.68. The van der Waals surface area contributed by atoms with Crippen molar-refractivity contribution in [3.8, 4) is 0 Å². The third-order valence-corrected chi connectivity index (χ3v) is 6.42. The van der Waals surface area contributed by atoms with Gasteiger partial charge in [0.15, 0.2) is 0 Å². The number of anilines is 3. The Labute approximate surface area is 224 Å². The zero-order valence-corrected chi connectivity index (χ0v) is 21.7. The summed E-state index contributed by atoms with van der Waals surface area (Å²) in [5.74, 6) is -0.708. The summed E-state index contributed by atoms with van der Waals surface area (Å²) in [7, 11) is 0. The number of aromatic nitrogens is 3. The molecule has 1 fully saturated rings. The Kier molecular flexibility index (Phi) is 10.8. The summed E-state index contributed by atoms with van der Waals surface area (Å²) < 4.78 is 1.36. The Morgan fingerprint density at radius 1 is 0.921 bits per heavy atom. The molecule has 3 aromatic rings. The van der Waals surface area contributed by atoms with E-state index in [1.807, 2.05) is 11.3 Å². The molecule has 0 bridgehead atoms. The second kappa shape index (κ2) is 14.4. The van der Waals surface area contributed by atoms with Crippen molar-refractivity contribution in [3.63, 3.8) is 0 Å². The van der Waals surface area contributed by atoms with Crippen molar-refractivity contribution in [2.24, 2.45) is 0 Å². The average Bonchev–Trinajstić information content (AvgIpc) is 3.33. The van der Waals surface area contributed by atoms with Crippen LogP contribution in [-0.4, -0.2) is 81.3 Å². The van der Waals surface area contributed by atoms with Crippen LogP contribution in [0.15, 0.2) is 67.1 Å². The van der Waals surface area contributed by atoms with E-state index in [0.29, 0.717) is 43.1 Å². The molecule has 12 heteroatoms. The maximum absolute atomic E-state index is 9.55. The van der Waals surface area contributed by atoms with Gasteiger partial charge in [-0.25, -0.2) is 9.59 Å². The Hall–Kier alpha value is -4.29. The highest BCUT2D eigenvalue weighted by molar-refractivity contribution is 7.17. The first-order valence-corrected chi connectivity index (χ1v) is 12.8. The molecule has 1 saturated heterocycles. The number of hydrogen-bond donors (Lipinski definition) is 4. The predicted molar refractivity (Wildman–Crippen MR) is 151 cm³/mol. The highest BCUT2D eigenvalue weighted by Gasteiger charge is 2.21. The van der Waals surface area contributed by atoms with E-state index in [-0.39, 0.29) is 0 Å². The van der Waals surface area contributed by atoms with E-state index in [1.165, 1.54) is 15.6 Å². The maximum Gasteiger partial charge on any atom is 0.328 e. The van der Waals surface area contributed by atoms with Crippen LogP contribution in [0.1, 0.15) is 5.56 Å². The van der Waals surface area contributed by atoms with E-state index in [2.05, 4.69) is 78.2 Å². The number of hydrogen-bond acceptors (Lipinski definition) is 10. The molecule has 0 amide bonds.